The lowest BCUT2D eigenvalue weighted by Crippen LogP contribution is -2.38. The van der Waals surface area contributed by atoms with Crippen LogP contribution in [0, 0.1) is 6.92 Å². The predicted molar refractivity (Wildman–Crippen MR) is 147 cm³/mol. The van der Waals surface area contributed by atoms with Crippen molar-refractivity contribution in [2.24, 2.45) is 0 Å². The molecule has 0 saturated carbocycles. The molecule has 0 unspecified atom stereocenters. The van der Waals surface area contributed by atoms with Crippen LogP contribution in [0.5, 0.6) is 0 Å². The molecule has 37 heavy (non-hydrogen) atoms. The maximum absolute atomic E-state index is 13.6. The lowest BCUT2D eigenvalue weighted by atomic mass is 10.0. The smallest absolute Gasteiger partial charge is 0.264 e. The number of halogens is 2. The molecule has 4 rings (SSSR count). The number of hydrogen-bond acceptors (Lipinski definition) is 4. The van der Waals surface area contributed by atoms with Gasteiger partial charge in [0.15, 0.2) is 5.78 Å². The minimum atomic E-state index is -4.16. The number of hydrogen-bond donors (Lipinski definition) is 1. The monoisotopic (exact) mass is 552 g/mol. The summed E-state index contributed by atoms with van der Waals surface area (Å²) in [5.41, 5.74) is 1.84. The van der Waals surface area contributed by atoms with Crippen LogP contribution < -0.4 is 9.62 Å². The number of benzene rings is 4. The summed E-state index contributed by atoms with van der Waals surface area (Å²) in [7, 11) is -4.16. The molecule has 188 valence electrons. The molecule has 6 nitrogen and oxygen atoms in total. The first kappa shape index (κ1) is 26.4. The molecule has 0 atom stereocenters. The minimum Gasteiger partial charge on any atom is -0.324 e. The molecule has 0 saturated heterocycles. The maximum atomic E-state index is 13.6. The SMILES string of the molecule is Cc1ccc(S(=O)(=O)N(CC(=O)Nc2ccc(Cl)cc2C(=O)c2ccccc2)c2ccccc2Cl)cc1. The van der Waals surface area contributed by atoms with Crippen molar-refractivity contribution in [1.29, 1.82) is 0 Å². The molecule has 0 aliphatic rings. The zero-order chi connectivity index (χ0) is 26.6. The fourth-order valence-corrected chi connectivity index (χ4v) is 5.57. The van der Waals surface area contributed by atoms with E-state index in [9.17, 15) is 18.0 Å². The first-order chi connectivity index (χ1) is 17.7. The second-order valence-electron chi connectivity index (χ2n) is 8.21. The summed E-state index contributed by atoms with van der Waals surface area (Å²) < 4.78 is 28.2. The van der Waals surface area contributed by atoms with E-state index < -0.39 is 22.5 Å². The molecule has 1 amide bonds. The van der Waals surface area contributed by atoms with Crippen molar-refractivity contribution in [3.8, 4) is 0 Å². The highest BCUT2D eigenvalue weighted by molar-refractivity contribution is 7.92. The number of aryl methyl sites for hydroxylation is 1. The third kappa shape index (κ3) is 6.02. The molecule has 0 aromatic heterocycles. The third-order valence-electron chi connectivity index (χ3n) is 5.55. The van der Waals surface area contributed by atoms with E-state index in [0.717, 1.165) is 9.87 Å². The van der Waals surface area contributed by atoms with Gasteiger partial charge in [0, 0.05) is 16.1 Å². The van der Waals surface area contributed by atoms with E-state index in [2.05, 4.69) is 5.32 Å². The average molecular weight is 553 g/mol. The average Bonchev–Trinajstić information content (AvgIpc) is 2.89. The van der Waals surface area contributed by atoms with E-state index in [-0.39, 0.29) is 32.6 Å². The molecule has 4 aromatic carbocycles. The Balaban J connectivity index is 1.68. The highest BCUT2D eigenvalue weighted by Gasteiger charge is 2.29. The van der Waals surface area contributed by atoms with Crippen molar-refractivity contribution in [2.75, 3.05) is 16.2 Å². The van der Waals surface area contributed by atoms with Crippen LogP contribution in [0.1, 0.15) is 21.5 Å². The Kier molecular flexibility index (Phi) is 7.97. The van der Waals surface area contributed by atoms with E-state index in [1.165, 1.54) is 36.4 Å². The van der Waals surface area contributed by atoms with Crippen molar-refractivity contribution in [3.05, 3.63) is 124 Å². The third-order valence-corrected chi connectivity index (χ3v) is 7.88. The van der Waals surface area contributed by atoms with Gasteiger partial charge in [0.05, 0.1) is 21.3 Å². The zero-order valence-corrected chi connectivity index (χ0v) is 22.0. The Morgan fingerprint density at radius 2 is 1.49 bits per heavy atom. The van der Waals surface area contributed by atoms with Gasteiger partial charge in [-0.05, 0) is 49.4 Å². The molecule has 9 heteroatoms. The van der Waals surface area contributed by atoms with Crippen molar-refractivity contribution in [2.45, 2.75) is 11.8 Å². The number of nitrogens with one attached hydrogen (secondary N) is 1. The number of carbonyl (C=O) groups is 2. The molecule has 0 radical (unpaired) electrons. The van der Waals surface area contributed by atoms with Gasteiger partial charge in [-0.3, -0.25) is 13.9 Å². The van der Waals surface area contributed by atoms with E-state index >= 15 is 0 Å². The number of sulfonamides is 1. The lowest BCUT2D eigenvalue weighted by molar-refractivity contribution is -0.114. The molecule has 0 aliphatic carbocycles. The fourth-order valence-electron chi connectivity index (χ4n) is 3.67. The van der Waals surface area contributed by atoms with Gasteiger partial charge in [0.2, 0.25) is 5.91 Å². The highest BCUT2D eigenvalue weighted by Crippen LogP contribution is 2.31. The Labute approximate surface area is 225 Å². The molecular weight excluding hydrogens is 531 g/mol. The van der Waals surface area contributed by atoms with Crippen LogP contribution in [0.15, 0.2) is 102 Å². The van der Waals surface area contributed by atoms with Crippen molar-refractivity contribution < 1.29 is 18.0 Å². The summed E-state index contributed by atoms with van der Waals surface area (Å²) in [6.45, 7) is 1.26. The lowest BCUT2D eigenvalue weighted by Gasteiger charge is -2.25. The molecule has 0 aliphatic heterocycles. The number of nitrogens with zero attached hydrogens (tertiary/aromatic N) is 1. The number of rotatable bonds is 8. The Bertz CT molecular complexity index is 1560. The van der Waals surface area contributed by atoms with E-state index in [1.54, 1.807) is 60.7 Å². The molecule has 0 bridgehead atoms. The van der Waals surface area contributed by atoms with Gasteiger partial charge in [0.25, 0.3) is 10.0 Å². The molecule has 0 fully saturated rings. The molecule has 4 aromatic rings. The summed E-state index contributed by atoms with van der Waals surface area (Å²) >= 11 is 12.5. The Morgan fingerprint density at radius 1 is 0.838 bits per heavy atom. The maximum Gasteiger partial charge on any atom is 0.264 e. The quantitative estimate of drug-likeness (QED) is 0.257. The largest absolute Gasteiger partial charge is 0.324 e. The Morgan fingerprint density at radius 3 is 2.16 bits per heavy atom. The second kappa shape index (κ2) is 11.2. The van der Waals surface area contributed by atoms with Gasteiger partial charge in [-0.1, -0.05) is 83.4 Å². The number of ketones is 1. The van der Waals surface area contributed by atoms with E-state index in [4.69, 9.17) is 23.2 Å². The van der Waals surface area contributed by atoms with Crippen molar-refractivity contribution >= 4 is 56.3 Å². The molecule has 1 N–H and O–H groups in total. The Hall–Kier alpha value is -3.65. The predicted octanol–water partition coefficient (Wildman–Crippen LogP) is 6.37. The zero-order valence-electron chi connectivity index (χ0n) is 19.7. The van der Waals surface area contributed by atoms with Crippen LogP contribution in [0.25, 0.3) is 0 Å². The molecule has 0 heterocycles. The summed E-state index contributed by atoms with van der Waals surface area (Å²) in [5.74, 6) is -1.01. The van der Waals surface area contributed by atoms with Crippen LogP contribution in [0.2, 0.25) is 10.0 Å². The van der Waals surface area contributed by atoms with Gasteiger partial charge in [-0.25, -0.2) is 8.42 Å². The highest BCUT2D eigenvalue weighted by atomic mass is 35.5. The van der Waals surface area contributed by atoms with E-state index in [0.29, 0.717) is 10.6 Å². The van der Waals surface area contributed by atoms with Crippen molar-refractivity contribution in [3.63, 3.8) is 0 Å². The fraction of sp³-hybridized carbons (Fsp3) is 0.0714. The number of amides is 1. The van der Waals surface area contributed by atoms with Gasteiger partial charge in [-0.2, -0.15) is 0 Å². The van der Waals surface area contributed by atoms with Gasteiger partial charge in [-0.15, -0.1) is 0 Å². The molecular formula is C28H22Cl2N2O4S. The van der Waals surface area contributed by atoms with Crippen LogP contribution >= 0.6 is 23.2 Å². The van der Waals surface area contributed by atoms with Crippen molar-refractivity contribution in [1.82, 2.24) is 0 Å². The summed E-state index contributed by atoms with van der Waals surface area (Å²) in [6.07, 6.45) is 0. The first-order valence-electron chi connectivity index (χ1n) is 11.2. The topological polar surface area (TPSA) is 83.6 Å². The number of para-hydroxylation sites is 1. The van der Waals surface area contributed by atoms with Crippen LogP contribution in [0.4, 0.5) is 11.4 Å². The van der Waals surface area contributed by atoms with Crippen LogP contribution in [-0.2, 0) is 14.8 Å². The molecule has 0 spiro atoms. The standard InChI is InChI=1S/C28H22Cl2N2O4S/c1-19-11-14-22(15-12-19)37(35,36)32(26-10-6-5-9-24(26)30)18-27(33)31-25-16-13-21(29)17-23(25)28(34)20-7-3-2-4-8-20/h2-17H,18H2,1H3,(H,31,33). The minimum absolute atomic E-state index is 0.0113. The first-order valence-corrected chi connectivity index (χ1v) is 13.4. The summed E-state index contributed by atoms with van der Waals surface area (Å²) in [4.78, 5) is 26.4. The van der Waals surface area contributed by atoms with Gasteiger partial charge in [0.1, 0.15) is 6.54 Å². The number of anilines is 2. The second-order valence-corrected chi connectivity index (χ2v) is 10.9. The summed E-state index contributed by atoms with van der Waals surface area (Å²) in [6, 6.07) is 25.7. The van der Waals surface area contributed by atoms with Crippen LogP contribution in [-0.4, -0.2) is 26.7 Å². The van der Waals surface area contributed by atoms with Gasteiger partial charge >= 0.3 is 0 Å². The number of carbonyl (C=O) groups excluding carboxylic acids is 2. The summed E-state index contributed by atoms with van der Waals surface area (Å²) in [5, 5.41) is 3.15. The normalized spacial score (nSPS) is 11.1. The van der Waals surface area contributed by atoms with E-state index in [1.807, 2.05) is 6.92 Å². The van der Waals surface area contributed by atoms with Gasteiger partial charge < -0.3 is 5.32 Å². The van der Waals surface area contributed by atoms with Crippen LogP contribution in [0.3, 0.4) is 0 Å².